The van der Waals surface area contributed by atoms with Crippen LogP contribution in [0.2, 0.25) is 0 Å². The van der Waals surface area contributed by atoms with E-state index in [1.54, 1.807) is 6.92 Å². The lowest BCUT2D eigenvalue weighted by atomic mass is 10.3. The average molecular weight is 274 g/mol. The summed E-state index contributed by atoms with van der Waals surface area (Å²) in [6, 6.07) is 5.24. The van der Waals surface area contributed by atoms with Crippen molar-refractivity contribution >= 4 is 15.7 Å². The molecule has 0 saturated carbocycles. The first kappa shape index (κ1) is 14.9. The lowest BCUT2D eigenvalue weighted by Crippen LogP contribution is -2.35. The van der Waals surface area contributed by atoms with Crippen molar-refractivity contribution in [3.8, 4) is 0 Å². The first-order valence-electron chi connectivity index (χ1n) is 5.93. The van der Waals surface area contributed by atoms with E-state index in [2.05, 4.69) is 10.0 Å². The molecule has 0 fully saturated rings. The van der Waals surface area contributed by atoms with E-state index in [0.29, 0.717) is 12.2 Å². The van der Waals surface area contributed by atoms with Crippen LogP contribution in [0.3, 0.4) is 0 Å². The summed E-state index contributed by atoms with van der Waals surface area (Å²) in [7, 11) is -3.44. The van der Waals surface area contributed by atoms with Crippen LogP contribution >= 0.6 is 0 Å². The van der Waals surface area contributed by atoms with Crippen molar-refractivity contribution in [1.82, 2.24) is 5.32 Å². The second-order valence-corrected chi connectivity index (χ2v) is 6.27. The van der Waals surface area contributed by atoms with E-state index in [1.165, 1.54) is 24.3 Å². The normalized spacial score (nSPS) is 13.3. The highest BCUT2D eigenvalue weighted by Gasteiger charge is 2.19. The van der Waals surface area contributed by atoms with E-state index in [9.17, 15) is 12.8 Å². The van der Waals surface area contributed by atoms with Crippen molar-refractivity contribution in [1.29, 1.82) is 0 Å². The lowest BCUT2D eigenvalue weighted by Gasteiger charge is -2.15. The van der Waals surface area contributed by atoms with Gasteiger partial charge in [-0.25, -0.2) is 12.8 Å². The zero-order valence-corrected chi connectivity index (χ0v) is 11.4. The number of rotatable bonds is 7. The fourth-order valence-electron chi connectivity index (χ4n) is 1.37. The maximum absolute atomic E-state index is 12.7. The first-order chi connectivity index (χ1) is 8.45. The SMILES string of the molecule is CCCNCC(C)S(=O)(=O)Nc1ccc(F)cc1. The summed E-state index contributed by atoms with van der Waals surface area (Å²) in [6.45, 7) is 4.83. The number of halogens is 1. The van der Waals surface area contributed by atoms with Gasteiger partial charge in [0.2, 0.25) is 10.0 Å². The van der Waals surface area contributed by atoms with Crippen molar-refractivity contribution in [2.45, 2.75) is 25.5 Å². The monoisotopic (exact) mass is 274 g/mol. The van der Waals surface area contributed by atoms with Gasteiger partial charge >= 0.3 is 0 Å². The number of sulfonamides is 1. The molecular formula is C12H19FN2O2S. The van der Waals surface area contributed by atoms with Crippen LogP contribution < -0.4 is 10.0 Å². The van der Waals surface area contributed by atoms with E-state index in [0.717, 1.165) is 13.0 Å². The molecule has 1 atom stereocenters. The number of hydrogen-bond donors (Lipinski definition) is 2. The van der Waals surface area contributed by atoms with E-state index in [1.807, 2.05) is 6.92 Å². The van der Waals surface area contributed by atoms with Gasteiger partial charge in [-0.1, -0.05) is 6.92 Å². The molecule has 18 heavy (non-hydrogen) atoms. The second-order valence-electron chi connectivity index (χ2n) is 4.17. The molecule has 0 aliphatic carbocycles. The molecule has 4 nitrogen and oxygen atoms in total. The van der Waals surface area contributed by atoms with Crippen LogP contribution in [0.15, 0.2) is 24.3 Å². The number of nitrogens with one attached hydrogen (secondary N) is 2. The predicted molar refractivity (Wildman–Crippen MR) is 71.6 cm³/mol. The van der Waals surface area contributed by atoms with Gasteiger partial charge in [0.25, 0.3) is 0 Å². The quantitative estimate of drug-likeness (QED) is 0.747. The Bertz CT molecular complexity index is 459. The maximum Gasteiger partial charge on any atom is 0.236 e. The van der Waals surface area contributed by atoms with Gasteiger partial charge in [0.05, 0.1) is 5.25 Å². The van der Waals surface area contributed by atoms with E-state index in [4.69, 9.17) is 0 Å². The van der Waals surface area contributed by atoms with E-state index >= 15 is 0 Å². The Hall–Kier alpha value is -1.14. The minimum atomic E-state index is -3.44. The zero-order valence-electron chi connectivity index (χ0n) is 10.6. The largest absolute Gasteiger partial charge is 0.315 e. The molecule has 1 unspecified atom stereocenters. The Kier molecular flexibility index (Phi) is 5.55. The zero-order chi connectivity index (χ0) is 13.6. The number of anilines is 1. The number of hydrogen-bond acceptors (Lipinski definition) is 3. The smallest absolute Gasteiger partial charge is 0.236 e. The van der Waals surface area contributed by atoms with Crippen LogP contribution in [0.1, 0.15) is 20.3 Å². The third-order valence-electron chi connectivity index (χ3n) is 2.49. The lowest BCUT2D eigenvalue weighted by molar-refractivity contribution is 0.575. The molecule has 1 aromatic carbocycles. The van der Waals surface area contributed by atoms with E-state index in [-0.39, 0.29) is 0 Å². The maximum atomic E-state index is 12.7. The molecule has 0 heterocycles. The van der Waals surface area contributed by atoms with Crippen LogP contribution in [0.25, 0.3) is 0 Å². The van der Waals surface area contributed by atoms with E-state index < -0.39 is 21.1 Å². The van der Waals surface area contributed by atoms with Crippen molar-refractivity contribution in [3.05, 3.63) is 30.1 Å². The van der Waals surface area contributed by atoms with Crippen molar-refractivity contribution in [3.63, 3.8) is 0 Å². The fourth-order valence-corrected chi connectivity index (χ4v) is 2.38. The summed E-state index contributed by atoms with van der Waals surface area (Å²) in [4.78, 5) is 0. The summed E-state index contributed by atoms with van der Waals surface area (Å²) in [5, 5.41) is 2.51. The standard InChI is InChI=1S/C12H19FN2O2S/c1-3-8-14-9-10(2)18(16,17)15-12-6-4-11(13)5-7-12/h4-7,10,14-15H,3,8-9H2,1-2H3. The van der Waals surface area contributed by atoms with Crippen LogP contribution in [-0.4, -0.2) is 26.8 Å². The van der Waals surface area contributed by atoms with Gasteiger partial charge < -0.3 is 5.32 Å². The van der Waals surface area contributed by atoms with Crippen LogP contribution in [0.5, 0.6) is 0 Å². The molecule has 0 amide bonds. The third kappa shape index (κ3) is 4.62. The highest BCUT2D eigenvalue weighted by molar-refractivity contribution is 7.93. The molecule has 0 bridgehead atoms. The van der Waals surface area contributed by atoms with Gasteiger partial charge in [-0.15, -0.1) is 0 Å². The molecule has 2 N–H and O–H groups in total. The Labute approximate surface area is 108 Å². The Morgan fingerprint density at radius 2 is 1.89 bits per heavy atom. The van der Waals surface area contributed by atoms with Crippen LogP contribution in [0, 0.1) is 5.82 Å². The summed E-state index contributed by atoms with van der Waals surface area (Å²) in [5.74, 6) is -0.393. The summed E-state index contributed by atoms with van der Waals surface area (Å²) in [5.41, 5.74) is 0.374. The Morgan fingerprint density at radius 3 is 2.44 bits per heavy atom. The molecule has 0 aromatic heterocycles. The van der Waals surface area contributed by atoms with Gasteiger partial charge in [-0.2, -0.15) is 0 Å². The van der Waals surface area contributed by atoms with Gasteiger partial charge in [0.15, 0.2) is 0 Å². The molecule has 1 aromatic rings. The van der Waals surface area contributed by atoms with Crippen molar-refractivity contribution in [2.75, 3.05) is 17.8 Å². The van der Waals surface area contributed by atoms with Crippen molar-refractivity contribution in [2.24, 2.45) is 0 Å². The van der Waals surface area contributed by atoms with Crippen molar-refractivity contribution < 1.29 is 12.8 Å². The topological polar surface area (TPSA) is 58.2 Å². The molecular weight excluding hydrogens is 255 g/mol. The summed E-state index contributed by atoms with van der Waals surface area (Å²) < 4.78 is 39.0. The number of benzene rings is 1. The fraction of sp³-hybridized carbons (Fsp3) is 0.500. The predicted octanol–water partition coefficient (Wildman–Crippen LogP) is 1.96. The Balaban J connectivity index is 2.60. The molecule has 6 heteroatoms. The second kappa shape index (κ2) is 6.70. The molecule has 0 radical (unpaired) electrons. The molecule has 0 spiro atoms. The van der Waals surface area contributed by atoms with Crippen LogP contribution in [-0.2, 0) is 10.0 Å². The molecule has 0 aliphatic rings. The van der Waals surface area contributed by atoms with Crippen LogP contribution in [0.4, 0.5) is 10.1 Å². The summed E-state index contributed by atoms with van der Waals surface area (Å²) >= 11 is 0. The summed E-state index contributed by atoms with van der Waals surface area (Å²) in [6.07, 6.45) is 0.957. The van der Waals surface area contributed by atoms with Gasteiger partial charge in [-0.3, -0.25) is 4.72 Å². The van der Waals surface area contributed by atoms with Gasteiger partial charge in [0.1, 0.15) is 5.82 Å². The van der Waals surface area contributed by atoms with Gasteiger partial charge in [0, 0.05) is 12.2 Å². The third-order valence-corrected chi connectivity index (χ3v) is 4.24. The molecule has 0 aliphatic heterocycles. The molecule has 0 saturated heterocycles. The molecule has 1 rings (SSSR count). The average Bonchev–Trinajstić information content (AvgIpc) is 2.32. The highest BCUT2D eigenvalue weighted by atomic mass is 32.2. The minimum Gasteiger partial charge on any atom is -0.315 e. The van der Waals surface area contributed by atoms with Gasteiger partial charge in [-0.05, 0) is 44.2 Å². The molecule has 102 valence electrons. The highest BCUT2D eigenvalue weighted by Crippen LogP contribution is 2.12. The Morgan fingerprint density at radius 1 is 1.28 bits per heavy atom. The minimum absolute atomic E-state index is 0.374. The first-order valence-corrected chi connectivity index (χ1v) is 7.48.